The van der Waals surface area contributed by atoms with Gasteiger partial charge in [-0.15, -0.1) is 5.10 Å². The van der Waals surface area contributed by atoms with Crippen LogP contribution < -0.4 is 5.73 Å². The summed E-state index contributed by atoms with van der Waals surface area (Å²) < 4.78 is 86.9. The second-order valence-corrected chi connectivity index (χ2v) is 3.06. The lowest BCUT2D eigenvalue weighted by atomic mass is 10.1. The highest BCUT2D eigenvalue weighted by molar-refractivity contribution is 5.18. The Bertz CT molecular complexity index is 420. The van der Waals surface area contributed by atoms with E-state index in [-0.39, 0.29) is 4.68 Å². The zero-order valence-electron chi connectivity index (χ0n) is 8.06. The highest BCUT2D eigenvalue weighted by Crippen LogP contribution is 2.51. The van der Waals surface area contributed by atoms with Crippen LogP contribution in [0.2, 0.25) is 0 Å². The van der Waals surface area contributed by atoms with Gasteiger partial charge in [-0.1, -0.05) is 0 Å². The fraction of sp³-hybridized carbons (Fsp3) is 0.667. The second kappa shape index (κ2) is 3.47. The first-order valence-corrected chi connectivity index (χ1v) is 3.90. The Morgan fingerprint density at radius 2 is 1.53 bits per heavy atom. The van der Waals surface area contributed by atoms with E-state index in [9.17, 15) is 30.7 Å². The molecule has 0 aliphatic carbocycles. The van der Waals surface area contributed by atoms with E-state index < -0.39 is 29.8 Å². The van der Waals surface area contributed by atoms with Gasteiger partial charge in [0.1, 0.15) is 0 Å². The lowest BCUT2D eigenvalue weighted by Crippen LogP contribution is -2.51. The summed E-state index contributed by atoms with van der Waals surface area (Å²) in [4.78, 5) is 2.66. The Kier molecular flexibility index (Phi) is 2.76. The van der Waals surface area contributed by atoms with Crippen molar-refractivity contribution in [1.82, 2.24) is 14.8 Å². The zero-order chi connectivity index (χ0) is 13.6. The van der Waals surface area contributed by atoms with Crippen molar-refractivity contribution < 1.29 is 30.7 Å². The van der Waals surface area contributed by atoms with Gasteiger partial charge in [-0.2, -0.15) is 35.7 Å². The molecule has 4 nitrogen and oxygen atoms in total. The second-order valence-electron chi connectivity index (χ2n) is 3.06. The Labute approximate surface area is 89.2 Å². The third-order valence-corrected chi connectivity index (χ3v) is 1.81. The summed E-state index contributed by atoms with van der Waals surface area (Å²) in [5.74, 6) is -14.5. The van der Waals surface area contributed by atoms with Gasteiger partial charge < -0.3 is 5.73 Å². The van der Waals surface area contributed by atoms with Crippen molar-refractivity contribution in [3.05, 3.63) is 5.82 Å². The van der Waals surface area contributed by atoms with E-state index in [1.807, 2.05) is 0 Å². The molecule has 0 spiro atoms. The monoisotopic (exact) mass is 266 g/mol. The van der Waals surface area contributed by atoms with Crippen molar-refractivity contribution >= 4 is 5.95 Å². The van der Waals surface area contributed by atoms with E-state index in [0.717, 1.165) is 7.05 Å². The molecule has 0 atom stereocenters. The van der Waals surface area contributed by atoms with Crippen LogP contribution in [0.15, 0.2) is 0 Å². The molecular formula is C6H5F7N4. The van der Waals surface area contributed by atoms with Crippen LogP contribution in [-0.4, -0.2) is 26.9 Å². The summed E-state index contributed by atoms with van der Waals surface area (Å²) in [5.41, 5.74) is 4.83. The molecule has 1 heterocycles. The van der Waals surface area contributed by atoms with Gasteiger partial charge in [0.2, 0.25) is 11.8 Å². The molecular weight excluding hydrogens is 261 g/mol. The van der Waals surface area contributed by atoms with Gasteiger partial charge in [0.25, 0.3) is 0 Å². The molecule has 0 aromatic carbocycles. The van der Waals surface area contributed by atoms with Gasteiger partial charge in [-0.25, -0.2) is 4.68 Å². The Hall–Kier alpha value is -1.55. The number of aromatic nitrogens is 3. The van der Waals surface area contributed by atoms with Crippen LogP contribution in [0.5, 0.6) is 0 Å². The number of anilines is 1. The Balaban J connectivity index is 3.33. The number of rotatable bonds is 2. The van der Waals surface area contributed by atoms with E-state index in [1.54, 1.807) is 0 Å². The van der Waals surface area contributed by atoms with Gasteiger partial charge >= 0.3 is 18.0 Å². The van der Waals surface area contributed by atoms with Crippen molar-refractivity contribution in [3.8, 4) is 0 Å². The number of alkyl halides is 7. The molecule has 98 valence electrons. The maximum absolute atomic E-state index is 13.1. The van der Waals surface area contributed by atoms with Crippen LogP contribution in [-0.2, 0) is 13.0 Å². The van der Waals surface area contributed by atoms with Crippen molar-refractivity contribution in [2.45, 2.75) is 18.0 Å². The third kappa shape index (κ3) is 1.89. The smallest absolute Gasteiger partial charge is 0.366 e. The summed E-state index contributed by atoms with van der Waals surface area (Å²) in [6.45, 7) is 0. The minimum Gasteiger partial charge on any atom is -0.366 e. The lowest BCUT2D eigenvalue weighted by Gasteiger charge is -2.26. The van der Waals surface area contributed by atoms with Crippen molar-refractivity contribution in [2.24, 2.45) is 7.05 Å². The predicted molar refractivity (Wildman–Crippen MR) is 40.3 cm³/mol. The molecule has 11 heteroatoms. The molecule has 0 unspecified atom stereocenters. The summed E-state index contributed by atoms with van der Waals surface area (Å²) in [6, 6.07) is 0. The van der Waals surface area contributed by atoms with Crippen molar-refractivity contribution in [2.75, 3.05) is 5.73 Å². The maximum Gasteiger partial charge on any atom is 0.460 e. The summed E-state index contributed by atoms with van der Waals surface area (Å²) >= 11 is 0. The number of nitrogens with two attached hydrogens (primary N) is 1. The molecule has 17 heavy (non-hydrogen) atoms. The van der Waals surface area contributed by atoms with Crippen LogP contribution in [0.4, 0.5) is 36.7 Å². The molecule has 0 radical (unpaired) electrons. The van der Waals surface area contributed by atoms with Crippen LogP contribution in [0.3, 0.4) is 0 Å². The van der Waals surface area contributed by atoms with Gasteiger partial charge in [-0.3, -0.25) is 0 Å². The summed E-state index contributed by atoms with van der Waals surface area (Å²) in [5, 5.41) is 2.98. The van der Waals surface area contributed by atoms with E-state index in [1.165, 1.54) is 0 Å². The fourth-order valence-electron chi connectivity index (χ4n) is 0.996. The van der Waals surface area contributed by atoms with Crippen LogP contribution in [0, 0.1) is 0 Å². The van der Waals surface area contributed by atoms with E-state index in [4.69, 9.17) is 5.73 Å². The van der Waals surface area contributed by atoms with Gasteiger partial charge in [0, 0.05) is 7.05 Å². The van der Waals surface area contributed by atoms with Gasteiger partial charge in [-0.05, 0) is 0 Å². The normalized spacial score (nSPS) is 14.1. The first-order valence-electron chi connectivity index (χ1n) is 3.90. The minimum atomic E-state index is -6.42. The summed E-state index contributed by atoms with van der Waals surface area (Å²) in [6.07, 6.45) is -6.42. The largest absolute Gasteiger partial charge is 0.460 e. The minimum absolute atomic E-state index is 0.0645. The number of hydrogen-bond donors (Lipinski definition) is 1. The van der Waals surface area contributed by atoms with Crippen LogP contribution >= 0.6 is 0 Å². The molecule has 0 saturated heterocycles. The number of nitrogen functional groups attached to an aromatic ring is 1. The fourth-order valence-corrected chi connectivity index (χ4v) is 0.996. The molecule has 2 N–H and O–H groups in total. The first kappa shape index (κ1) is 13.5. The molecule has 1 aromatic heterocycles. The molecule has 0 bridgehead atoms. The molecule has 0 saturated carbocycles. The lowest BCUT2D eigenvalue weighted by molar-refractivity contribution is -0.361. The Morgan fingerprint density at radius 3 is 1.82 bits per heavy atom. The predicted octanol–water partition coefficient (Wildman–Crippen LogP) is 1.69. The molecule has 0 amide bonds. The topological polar surface area (TPSA) is 56.7 Å². The van der Waals surface area contributed by atoms with Crippen LogP contribution in [0.25, 0.3) is 0 Å². The van der Waals surface area contributed by atoms with Gasteiger partial charge in [0.15, 0.2) is 0 Å². The highest BCUT2D eigenvalue weighted by Gasteiger charge is 2.75. The third-order valence-electron chi connectivity index (χ3n) is 1.81. The van der Waals surface area contributed by atoms with Crippen molar-refractivity contribution in [1.29, 1.82) is 0 Å². The van der Waals surface area contributed by atoms with Gasteiger partial charge in [0.05, 0.1) is 0 Å². The number of halogens is 7. The molecule has 1 aromatic rings. The average molecular weight is 266 g/mol. The molecule has 0 aliphatic rings. The first-order chi connectivity index (χ1) is 7.41. The van der Waals surface area contributed by atoms with Crippen LogP contribution in [0.1, 0.15) is 5.82 Å². The maximum atomic E-state index is 13.1. The number of hydrogen-bond acceptors (Lipinski definition) is 3. The van der Waals surface area contributed by atoms with E-state index >= 15 is 0 Å². The quantitative estimate of drug-likeness (QED) is 0.828. The number of aryl methyl sites for hydroxylation is 1. The van der Waals surface area contributed by atoms with E-state index in [0.29, 0.717) is 0 Å². The molecule has 0 fully saturated rings. The average Bonchev–Trinajstić information content (AvgIpc) is 2.43. The Morgan fingerprint density at radius 1 is 1.06 bits per heavy atom. The zero-order valence-corrected chi connectivity index (χ0v) is 8.06. The molecule has 0 aliphatic heterocycles. The standard InChI is InChI=1S/C6H5F7N4/c1-17-2(15-3(14)16-17)4(7,8)5(9,10)6(11,12)13/h1H3,(H2,14,16). The molecule has 1 rings (SSSR count). The summed E-state index contributed by atoms with van der Waals surface area (Å²) in [7, 11) is 0.721. The SMILES string of the molecule is Cn1nc(N)nc1C(F)(F)C(F)(F)C(F)(F)F. The number of nitrogens with zero attached hydrogens (tertiary/aromatic N) is 3. The highest BCUT2D eigenvalue weighted by atomic mass is 19.4. The van der Waals surface area contributed by atoms with E-state index in [2.05, 4.69) is 10.1 Å². The van der Waals surface area contributed by atoms with Crippen molar-refractivity contribution in [3.63, 3.8) is 0 Å².